The summed E-state index contributed by atoms with van der Waals surface area (Å²) < 4.78 is 38.9. The van der Waals surface area contributed by atoms with Crippen LogP contribution in [0.5, 0.6) is 0 Å². The van der Waals surface area contributed by atoms with Crippen molar-refractivity contribution in [2.45, 2.75) is 25.3 Å². The fraction of sp³-hybridized carbons (Fsp3) is 0.280. The van der Waals surface area contributed by atoms with E-state index in [4.69, 9.17) is 4.98 Å². The topological polar surface area (TPSA) is 97.1 Å². The lowest BCUT2D eigenvalue weighted by Crippen LogP contribution is -2.48. The number of aryl methyl sites for hydroxylation is 2. The minimum atomic E-state index is -3.66. The zero-order valence-electron chi connectivity index (χ0n) is 20.0. The van der Waals surface area contributed by atoms with E-state index in [-0.39, 0.29) is 4.90 Å². The predicted molar refractivity (Wildman–Crippen MR) is 140 cm³/mol. The van der Waals surface area contributed by atoms with Gasteiger partial charge in [0.25, 0.3) is 0 Å². The molecule has 36 heavy (non-hydrogen) atoms. The number of nitrogens with zero attached hydrogens (tertiary/aromatic N) is 7. The highest BCUT2D eigenvalue weighted by Crippen LogP contribution is 2.27. The molecular weight excluding hydrogens is 494 g/mol. The summed E-state index contributed by atoms with van der Waals surface area (Å²) in [6.45, 7) is 6.79. The molecule has 0 N–H and O–H groups in total. The number of aromatic nitrogens is 5. The Kier molecular flexibility index (Phi) is 5.79. The van der Waals surface area contributed by atoms with Crippen LogP contribution in [0, 0.1) is 13.8 Å². The summed E-state index contributed by atoms with van der Waals surface area (Å²) in [5.74, 6) is 0.892. The van der Waals surface area contributed by atoms with Crippen LogP contribution in [0.2, 0.25) is 0 Å². The van der Waals surface area contributed by atoms with Crippen molar-refractivity contribution in [3.63, 3.8) is 0 Å². The van der Waals surface area contributed by atoms with E-state index in [9.17, 15) is 8.42 Å². The third-order valence-electron chi connectivity index (χ3n) is 6.51. The molecule has 0 radical (unpaired) electrons. The molecular formula is C25H25N7O2S2. The van der Waals surface area contributed by atoms with Gasteiger partial charge in [0.2, 0.25) is 10.0 Å². The second-order valence-corrected chi connectivity index (χ2v) is 11.6. The molecule has 0 bridgehead atoms. The quantitative estimate of drug-likeness (QED) is 0.350. The van der Waals surface area contributed by atoms with Crippen molar-refractivity contribution in [3.05, 3.63) is 71.7 Å². The number of hydrogen-bond donors (Lipinski definition) is 0. The van der Waals surface area contributed by atoms with Gasteiger partial charge in [-0.25, -0.2) is 18.4 Å². The Balaban J connectivity index is 1.26. The molecule has 4 heterocycles. The molecule has 6 rings (SSSR count). The fourth-order valence-corrected chi connectivity index (χ4v) is 7.05. The van der Waals surface area contributed by atoms with Crippen LogP contribution in [0.15, 0.2) is 59.6 Å². The molecule has 1 aliphatic rings. The monoisotopic (exact) mass is 519 g/mol. The number of sulfonamides is 1. The lowest BCUT2D eigenvalue weighted by molar-refractivity contribution is 0.177. The molecule has 3 aromatic heterocycles. The van der Waals surface area contributed by atoms with Gasteiger partial charge in [0.05, 0.1) is 18.3 Å². The summed E-state index contributed by atoms with van der Waals surface area (Å²) >= 11 is 1.03. The van der Waals surface area contributed by atoms with E-state index in [0.717, 1.165) is 34.4 Å². The van der Waals surface area contributed by atoms with Gasteiger partial charge in [-0.1, -0.05) is 12.1 Å². The minimum absolute atomic E-state index is 0.227. The number of rotatable bonds is 5. The second kappa shape index (κ2) is 9.00. The van der Waals surface area contributed by atoms with Gasteiger partial charge in [0.1, 0.15) is 27.3 Å². The SMILES string of the molecule is Cc1cc(C)cc(-n2c(CN3CCN(S(=O)(=O)c4cccc5nsnc45)CC3)nc3cccnc32)c1. The third-order valence-corrected chi connectivity index (χ3v) is 8.99. The van der Waals surface area contributed by atoms with Crippen molar-refractivity contribution in [2.75, 3.05) is 26.2 Å². The molecule has 0 amide bonds. The number of imidazole rings is 1. The number of benzene rings is 2. The summed E-state index contributed by atoms with van der Waals surface area (Å²) in [5, 5.41) is 0. The number of pyridine rings is 1. The van der Waals surface area contributed by atoms with E-state index in [0.29, 0.717) is 43.8 Å². The van der Waals surface area contributed by atoms with Gasteiger partial charge in [-0.05, 0) is 61.4 Å². The maximum Gasteiger partial charge on any atom is 0.245 e. The van der Waals surface area contributed by atoms with Crippen molar-refractivity contribution < 1.29 is 8.42 Å². The van der Waals surface area contributed by atoms with Gasteiger partial charge in [0.15, 0.2) is 5.65 Å². The Morgan fingerprint density at radius 2 is 1.67 bits per heavy atom. The van der Waals surface area contributed by atoms with E-state index in [1.54, 1.807) is 28.7 Å². The molecule has 1 saturated heterocycles. The van der Waals surface area contributed by atoms with Gasteiger partial charge in [-0.2, -0.15) is 13.1 Å². The zero-order valence-corrected chi connectivity index (χ0v) is 21.6. The van der Waals surface area contributed by atoms with Gasteiger partial charge in [-0.15, -0.1) is 0 Å². The predicted octanol–water partition coefficient (Wildman–Crippen LogP) is 3.55. The van der Waals surface area contributed by atoms with Crippen LogP contribution in [0.4, 0.5) is 0 Å². The summed E-state index contributed by atoms with van der Waals surface area (Å²) in [7, 11) is -3.66. The molecule has 0 unspecified atom stereocenters. The number of piperazine rings is 1. The molecule has 5 aromatic rings. The van der Waals surface area contributed by atoms with E-state index < -0.39 is 10.0 Å². The van der Waals surface area contributed by atoms with Crippen molar-refractivity contribution in [2.24, 2.45) is 0 Å². The zero-order chi connectivity index (χ0) is 24.9. The summed E-state index contributed by atoms with van der Waals surface area (Å²) in [5.41, 5.74) is 6.12. The van der Waals surface area contributed by atoms with Crippen molar-refractivity contribution in [1.29, 1.82) is 0 Å². The molecule has 2 aromatic carbocycles. The minimum Gasteiger partial charge on any atom is -0.293 e. The number of hydrogen-bond acceptors (Lipinski definition) is 8. The van der Waals surface area contributed by atoms with Gasteiger partial charge in [-0.3, -0.25) is 9.47 Å². The highest BCUT2D eigenvalue weighted by atomic mass is 32.2. The summed E-state index contributed by atoms with van der Waals surface area (Å²) in [6, 6.07) is 15.4. The average Bonchev–Trinajstić information content (AvgIpc) is 3.48. The summed E-state index contributed by atoms with van der Waals surface area (Å²) in [4.78, 5) is 12.0. The molecule has 1 aliphatic heterocycles. The first kappa shape index (κ1) is 23.2. The van der Waals surface area contributed by atoms with Crippen LogP contribution in [-0.4, -0.2) is 67.1 Å². The second-order valence-electron chi connectivity index (χ2n) is 9.12. The first-order valence-electron chi connectivity index (χ1n) is 11.7. The third kappa shape index (κ3) is 4.07. The standard InChI is InChI=1S/C25H25N7O2S2/c1-17-13-18(2)15-19(14-17)32-23(27-21-6-4-8-26-25(21)32)16-30-9-11-31(12-10-30)36(33,34)22-7-3-5-20-24(22)29-35-28-20/h3-8,13-15H,9-12,16H2,1-2H3. The Hall–Kier alpha value is -3.25. The van der Waals surface area contributed by atoms with E-state index >= 15 is 0 Å². The van der Waals surface area contributed by atoms with E-state index in [1.165, 1.54) is 11.1 Å². The Bertz CT molecular complexity index is 1670. The highest BCUT2D eigenvalue weighted by molar-refractivity contribution is 7.89. The smallest absolute Gasteiger partial charge is 0.245 e. The lowest BCUT2D eigenvalue weighted by atomic mass is 10.1. The molecule has 9 nitrogen and oxygen atoms in total. The first-order chi connectivity index (χ1) is 17.4. The molecule has 184 valence electrons. The summed E-state index contributed by atoms with van der Waals surface area (Å²) in [6.07, 6.45) is 1.79. The van der Waals surface area contributed by atoms with Gasteiger partial charge in [0, 0.05) is 38.1 Å². The molecule has 0 aliphatic carbocycles. The van der Waals surface area contributed by atoms with Crippen LogP contribution in [0.25, 0.3) is 27.9 Å². The average molecular weight is 520 g/mol. The van der Waals surface area contributed by atoms with Crippen LogP contribution < -0.4 is 0 Å². The van der Waals surface area contributed by atoms with Gasteiger partial charge >= 0.3 is 0 Å². The fourth-order valence-electron chi connectivity index (χ4n) is 4.87. The normalized spacial score (nSPS) is 15.7. The van der Waals surface area contributed by atoms with Crippen molar-refractivity contribution in [3.8, 4) is 5.69 Å². The van der Waals surface area contributed by atoms with Crippen molar-refractivity contribution in [1.82, 2.24) is 32.5 Å². The van der Waals surface area contributed by atoms with Crippen LogP contribution in [0.1, 0.15) is 17.0 Å². The lowest BCUT2D eigenvalue weighted by Gasteiger charge is -2.33. The van der Waals surface area contributed by atoms with Gasteiger partial charge < -0.3 is 0 Å². The Morgan fingerprint density at radius 1 is 0.917 bits per heavy atom. The molecule has 0 spiro atoms. The molecule has 1 fully saturated rings. The molecule has 11 heteroatoms. The number of fused-ring (bicyclic) bond motifs is 2. The Labute approximate surface area is 213 Å². The van der Waals surface area contributed by atoms with Crippen LogP contribution >= 0.6 is 11.7 Å². The van der Waals surface area contributed by atoms with E-state index in [2.05, 4.69) is 55.2 Å². The van der Waals surface area contributed by atoms with E-state index in [1.807, 2.05) is 12.1 Å². The van der Waals surface area contributed by atoms with Crippen LogP contribution in [0.3, 0.4) is 0 Å². The highest BCUT2D eigenvalue weighted by Gasteiger charge is 2.31. The molecule has 0 saturated carbocycles. The van der Waals surface area contributed by atoms with Crippen LogP contribution in [-0.2, 0) is 16.6 Å². The first-order valence-corrected chi connectivity index (χ1v) is 13.9. The maximum atomic E-state index is 13.4. The largest absolute Gasteiger partial charge is 0.293 e. The Morgan fingerprint density at radius 3 is 2.44 bits per heavy atom. The molecule has 0 atom stereocenters. The maximum absolute atomic E-state index is 13.4. The van der Waals surface area contributed by atoms with Crippen molar-refractivity contribution >= 4 is 43.9 Å².